The summed E-state index contributed by atoms with van der Waals surface area (Å²) in [7, 11) is -1.93. The highest BCUT2D eigenvalue weighted by Crippen LogP contribution is 2.26. The largest absolute Gasteiger partial charge is 0.380 e. The van der Waals surface area contributed by atoms with Crippen molar-refractivity contribution in [2.45, 2.75) is 45.7 Å². The van der Waals surface area contributed by atoms with Crippen molar-refractivity contribution in [2.75, 3.05) is 7.11 Å². The molecule has 0 heterocycles. The zero-order chi connectivity index (χ0) is 17.9. The van der Waals surface area contributed by atoms with Crippen LogP contribution in [0.4, 0.5) is 0 Å². The Morgan fingerprint density at radius 3 is 2.12 bits per heavy atom. The maximum absolute atomic E-state index is 12.8. The molecular weight excluding hydrogens is 322 g/mol. The van der Waals surface area contributed by atoms with Crippen molar-refractivity contribution in [3.63, 3.8) is 0 Å². The molecule has 2 aromatic rings. The van der Waals surface area contributed by atoms with Gasteiger partial charge in [0.2, 0.25) is 10.0 Å². The fourth-order valence-electron chi connectivity index (χ4n) is 2.83. The Labute approximate surface area is 144 Å². The lowest BCUT2D eigenvalue weighted by atomic mass is 10.0. The van der Waals surface area contributed by atoms with Crippen molar-refractivity contribution in [1.29, 1.82) is 0 Å². The van der Waals surface area contributed by atoms with Gasteiger partial charge in [0.05, 0.1) is 11.5 Å². The molecule has 0 bridgehead atoms. The van der Waals surface area contributed by atoms with Crippen LogP contribution in [0.3, 0.4) is 0 Å². The molecule has 0 atom stereocenters. The van der Waals surface area contributed by atoms with Gasteiger partial charge in [-0.25, -0.2) is 13.1 Å². The van der Waals surface area contributed by atoms with Crippen LogP contribution in [-0.2, 0) is 27.9 Å². The minimum atomic E-state index is -3.57. The smallest absolute Gasteiger partial charge is 0.241 e. The molecule has 0 spiro atoms. The second-order valence-electron chi connectivity index (χ2n) is 6.17. The first-order valence-corrected chi connectivity index (χ1v) is 9.38. The van der Waals surface area contributed by atoms with Crippen molar-refractivity contribution < 1.29 is 13.2 Å². The fraction of sp³-hybridized carbons (Fsp3) is 0.368. The molecule has 0 saturated heterocycles. The van der Waals surface area contributed by atoms with E-state index in [1.807, 2.05) is 58.0 Å². The van der Waals surface area contributed by atoms with Crippen molar-refractivity contribution in [2.24, 2.45) is 0 Å². The van der Waals surface area contributed by atoms with Gasteiger partial charge in [-0.3, -0.25) is 0 Å². The first-order valence-electron chi connectivity index (χ1n) is 7.90. The van der Waals surface area contributed by atoms with Gasteiger partial charge >= 0.3 is 0 Å². The predicted octanol–water partition coefficient (Wildman–Crippen LogP) is 3.55. The molecule has 0 aliphatic heterocycles. The van der Waals surface area contributed by atoms with Gasteiger partial charge in [0.15, 0.2) is 0 Å². The molecule has 5 heteroatoms. The molecule has 1 N–H and O–H groups in total. The normalized spacial score (nSPS) is 11.7. The average Bonchev–Trinajstić information content (AvgIpc) is 2.52. The van der Waals surface area contributed by atoms with Crippen molar-refractivity contribution in [3.05, 3.63) is 63.7 Å². The number of aryl methyl sites for hydroxylation is 2. The summed E-state index contributed by atoms with van der Waals surface area (Å²) in [5.41, 5.74) is 5.51. The quantitative estimate of drug-likeness (QED) is 0.869. The maximum atomic E-state index is 12.8. The van der Waals surface area contributed by atoms with Gasteiger partial charge in [-0.1, -0.05) is 30.3 Å². The SMILES string of the molecule is COCc1cccc(CNS(=O)(=O)c2c(C)c(C)cc(C)c2C)c1. The molecule has 4 nitrogen and oxygen atoms in total. The minimum Gasteiger partial charge on any atom is -0.380 e. The van der Waals surface area contributed by atoms with Crippen LogP contribution in [0.25, 0.3) is 0 Å². The van der Waals surface area contributed by atoms with Crippen LogP contribution in [-0.4, -0.2) is 15.5 Å². The van der Waals surface area contributed by atoms with Crippen LogP contribution in [0.2, 0.25) is 0 Å². The molecule has 0 radical (unpaired) electrons. The highest BCUT2D eigenvalue weighted by molar-refractivity contribution is 7.89. The van der Waals surface area contributed by atoms with Gasteiger partial charge in [-0.05, 0) is 61.1 Å². The van der Waals surface area contributed by atoms with E-state index in [9.17, 15) is 8.42 Å². The highest BCUT2D eigenvalue weighted by Gasteiger charge is 2.21. The predicted molar refractivity (Wildman–Crippen MR) is 96.6 cm³/mol. The number of rotatable bonds is 6. The zero-order valence-electron chi connectivity index (χ0n) is 14.9. The Hall–Kier alpha value is -1.69. The highest BCUT2D eigenvalue weighted by atomic mass is 32.2. The average molecular weight is 347 g/mol. The molecule has 0 saturated carbocycles. The Balaban J connectivity index is 2.29. The van der Waals surface area contributed by atoms with Crippen LogP contribution >= 0.6 is 0 Å². The molecule has 2 aromatic carbocycles. The first kappa shape index (κ1) is 18.6. The van der Waals surface area contributed by atoms with E-state index in [4.69, 9.17) is 4.74 Å². The number of methoxy groups -OCH3 is 1. The van der Waals surface area contributed by atoms with E-state index in [-0.39, 0.29) is 6.54 Å². The lowest BCUT2D eigenvalue weighted by molar-refractivity contribution is 0.185. The number of benzene rings is 2. The van der Waals surface area contributed by atoms with Gasteiger partial charge in [0, 0.05) is 13.7 Å². The van der Waals surface area contributed by atoms with Gasteiger partial charge in [-0.2, -0.15) is 0 Å². The third-order valence-electron chi connectivity index (χ3n) is 4.33. The molecule has 0 aliphatic carbocycles. The molecule has 0 aliphatic rings. The van der Waals surface area contributed by atoms with Gasteiger partial charge in [0.1, 0.15) is 0 Å². The first-order chi connectivity index (χ1) is 11.3. The van der Waals surface area contributed by atoms with E-state index in [1.54, 1.807) is 7.11 Å². The zero-order valence-corrected chi connectivity index (χ0v) is 15.8. The summed E-state index contributed by atoms with van der Waals surface area (Å²) in [4.78, 5) is 0.396. The summed E-state index contributed by atoms with van der Waals surface area (Å²) in [5.74, 6) is 0. The topological polar surface area (TPSA) is 55.4 Å². The minimum absolute atomic E-state index is 0.256. The van der Waals surface area contributed by atoms with E-state index in [0.717, 1.165) is 33.4 Å². The third kappa shape index (κ3) is 4.04. The lowest BCUT2D eigenvalue weighted by Gasteiger charge is -2.16. The van der Waals surface area contributed by atoms with Crippen LogP contribution in [0, 0.1) is 27.7 Å². The number of hydrogen-bond acceptors (Lipinski definition) is 3. The van der Waals surface area contributed by atoms with Crippen molar-refractivity contribution in [1.82, 2.24) is 4.72 Å². The Kier molecular flexibility index (Phi) is 5.80. The summed E-state index contributed by atoms with van der Waals surface area (Å²) in [6, 6.07) is 9.75. The summed E-state index contributed by atoms with van der Waals surface area (Å²) in [5, 5.41) is 0. The summed E-state index contributed by atoms with van der Waals surface area (Å²) in [6.45, 7) is 8.36. The number of hydrogen-bond donors (Lipinski definition) is 1. The van der Waals surface area contributed by atoms with Gasteiger partial charge in [0.25, 0.3) is 0 Å². The van der Waals surface area contributed by atoms with Crippen LogP contribution in [0.15, 0.2) is 35.2 Å². The van der Waals surface area contributed by atoms with E-state index in [2.05, 4.69) is 4.72 Å². The van der Waals surface area contributed by atoms with Crippen molar-refractivity contribution in [3.8, 4) is 0 Å². The van der Waals surface area contributed by atoms with Crippen LogP contribution in [0.5, 0.6) is 0 Å². The van der Waals surface area contributed by atoms with Gasteiger partial charge in [-0.15, -0.1) is 0 Å². The number of ether oxygens (including phenoxy) is 1. The third-order valence-corrected chi connectivity index (χ3v) is 6.01. The molecule has 0 fully saturated rings. The summed E-state index contributed by atoms with van der Waals surface area (Å²) < 4.78 is 33.5. The monoisotopic (exact) mass is 347 g/mol. The fourth-order valence-corrected chi connectivity index (χ4v) is 4.46. The van der Waals surface area contributed by atoms with E-state index in [0.29, 0.717) is 11.5 Å². The molecule has 0 aromatic heterocycles. The van der Waals surface area contributed by atoms with E-state index >= 15 is 0 Å². The van der Waals surface area contributed by atoms with Crippen molar-refractivity contribution >= 4 is 10.0 Å². The molecule has 2 rings (SSSR count). The van der Waals surface area contributed by atoms with Crippen LogP contribution < -0.4 is 4.72 Å². The van der Waals surface area contributed by atoms with E-state index in [1.165, 1.54) is 0 Å². The van der Waals surface area contributed by atoms with E-state index < -0.39 is 10.0 Å². The molecule has 24 heavy (non-hydrogen) atoms. The summed E-state index contributed by atoms with van der Waals surface area (Å²) >= 11 is 0. The number of nitrogens with one attached hydrogen (secondary N) is 1. The Morgan fingerprint density at radius 1 is 0.958 bits per heavy atom. The number of sulfonamides is 1. The molecular formula is C19H25NO3S. The van der Waals surface area contributed by atoms with Crippen LogP contribution in [0.1, 0.15) is 33.4 Å². The van der Waals surface area contributed by atoms with Gasteiger partial charge < -0.3 is 4.74 Å². The Bertz CT molecular complexity index is 816. The summed E-state index contributed by atoms with van der Waals surface area (Å²) in [6.07, 6.45) is 0. The molecule has 130 valence electrons. The molecule has 0 amide bonds. The Morgan fingerprint density at radius 2 is 1.54 bits per heavy atom. The molecule has 0 unspecified atom stereocenters. The second-order valence-corrected chi connectivity index (χ2v) is 7.87. The lowest BCUT2D eigenvalue weighted by Crippen LogP contribution is -2.25. The standard InChI is InChI=1S/C19H25NO3S/c1-13-9-14(2)16(4)19(15(13)3)24(21,22)20-11-17-7-6-8-18(10-17)12-23-5/h6-10,20H,11-12H2,1-5H3. The second kappa shape index (κ2) is 7.47. The maximum Gasteiger partial charge on any atom is 0.241 e.